The van der Waals surface area contributed by atoms with Crippen LogP contribution in [0.3, 0.4) is 0 Å². The summed E-state index contributed by atoms with van der Waals surface area (Å²) in [6.07, 6.45) is 0. The summed E-state index contributed by atoms with van der Waals surface area (Å²) in [5.41, 5.74) is 0.536. The van der Waals surface area contributed by atoms with Crippen molar-refractivity contribution in [2.45, 2.75) is 19.1 Å². The first kappa shape index (κ1) is 13.4. The lowest BCUT2D eigenvalue weighted by Crippen LogP contribution is -2.06. The molecule has 1 rings (SSSR count). The Labute approximate surface area is 105 Å². The molecule has 16 heavy (non-hydrogen) atoms. The molecule has 0 aliphatic carbocycles. The van der Waals surface area contributed by atoms with Crippen molar-refractivity contribution < 1.29 is 9.53 Å². The van der Waals surface area contributed by atoms with E-state index in [1.165, 1.54) is 0 Å². The van der Waals surface area contributed by atoms with Crippen molar-refractivity contribution in [1.82, 2.24) is 0 Å². The van der Waals surface area contributed by atoms with Gasteiger partial charge in [0.05, 0.1) is 17.9 Å². The second-order valence-electron chi connectivity index (χ2n) is 3.63. The first-order valence-electron chi connectivity index (χ1n) is 5.03. The number of hydrogen-bond donors (Lipinski definition) is 0. The van der Waals surface area contributed by atoms with Crippen molar-refractivity contribution in [3.05, 3.63) is 28.8 Å². The minimum atomic E-state index is 0.0441. The Morgan fingerprint density at radius 1 is 1.50 bits per heavy atom. The van der Waals surface area contributed by atoms with Crippen molar-refractivity contribution in [2.75, 3.05) is 12.9 Å². The summed E-state index contributed by atoms with van der Waals surface area (Å²) in [7, 11) is 1.57. The largest absolute Gasteiger partial charge is 0.497 e. The molecule has 0 saturated carbocycles. The third-order valence-electron chi connectivity index (χ3n) is 2.02. The van der Waals surface area contributed by atoms with Crippen LogP contribution in [0.25, 0.3) is 0 Å². The van der Waals surface area contributed by atoms with E-state index in [-0.39, 0.29) is 5.78 Å². The molecule has 0 atom stereocenters. The number of methoxy groups -OCH3 is 1. The molecule has 0 radical (unpaired) electrons. The van der Waals surface area contributed by atoms with Gasteiger partial charge >= 0.3 is 0 Å². The number of halogens is 1. The predicted molar refractivity (Wildman–Crippen MR) is 69.9 cm³/mol. The molecular weight excluding hydrogens is 244 g/mol. The number of carbonyl (C=O) groups excluding carboxylic acids is 1. The molecular formula is C12H15ClO2S. The van der Waals surface area contributed by atoms with Gasteiger partial charge in [-0.2, -0.15) is 11.8 Å². The maximum atomic E-state index is 11.9. The van der Waals surface area contributed by atoms with E-state index in [1.54, 1.807) is 37.1 Å². The Kier molecular flexibility index (Phi) is 5.16. The van der Waals surface area contributed by atoms with E-state index in [2.05, 4.69) is 13.8 Å². The predicted octanol–water partition coefficient (Wildman–Crippen LogP) is 3.67. The molecule has 0 aliphatic heterocycles. The Morgan fingerprint density at radius 2 is 2.19 bits per heavy atom. The lowest BCUT2D eigenvalue weighted by molar-refractivity contribution is 0.102. The molecule has 0 heterocycles. The van der Waals surface area contributed by atoms with Gasteiger partial charge in [-0.15, -0.1) is 0 Å². The summed E-state index contributed by atoms with van der Waals surface area (Å²) in [5, 5.41) is 0.920. The van der Waals surface area contributed by atoms with E-state index in [0.29, 0.717) is 27.3 Å². The summed E-state index contributed by atoms with van der Waals surface area (Å²) >= 11 is 7.59. The molecule has 0 spiro atoms. The van der Waals surface area contributed by atoms with Crippen molar-refractivity contribution in [3.63, 3.8) is 0 Å². The molecule has 0 amide bonds. The highest BCUT2D eigenvalue weighted by molar-refractivity contribution is 8.00. The van der Waals surface area contributed by atoms with Crippen LogP contribution in [0.2, 0.25) is 5.02 Å². The van der Waals surface area contributed by atoms with Crippen LogP contribution in [0.1, 0.15) is 24.2 Å². The first-order chi connectivity index (χ1) is 7.54. The molecule has 4 heteroatoms. The summed E-state index contributed by atoms with van der Waals surface area (Å²) in [4.78, 5) is 11.9. The number of benzene rings is 1. The van der Waals surface area contributed by atoms with Crippen LogP contribution in [0.5, 0.6) is 5.75 Å². The number of ether oxygens (including phenoxy) is 1. The molecule has 2 nitrogen and oxygen atoms in total. The number of thioether (sulfide) groups is 1. The minimum Gasteiger partial charge on any atom is -0.497 e. The Hall–Kier alpha value is -0.670. The number of hydrogen-bond acceptors (Lipinski definition) is 3. The van der Waals surface area contributed by atoms with Crippen molar-refractivity contribution >= 4 is 29.1 Å². The number of ketones is 1. The van der Waals surface area contributed by atoms with Gasteiger partial charge in [-0.05, 0) is 23.4 Å². The van der Waals surface area contributed by atoms with Crippen LogP contribution in [0.15, 0.2) is 18.2 Å². The average molecular weight is 259 g/mol. The minimum absolute atomic E-state index is 0.0441. The molecule has 0 unspecified atom stereocenters. The van der Waals surface area contributed by atoms with Gasteiger partial charge in [0.2, 0.25) is 0 Å². The van der Waals surface area contributed by atoms with E-state index < -0.39 is 0 Å². The maximum Gasteiger partial charge on any atom is 0.174 e. The van der Waals surface area contributed by atoms with Gasteiger partial charge in [-0.25, -0.2) is 0 Å². The van der Waals surface area contributed by atoms with Gasteiger partial charge < -0.3 is 4.74 Å². The van der Waals surface area contributed by atoms with Crippen LogP contribution in [-0.2, 0) is 0 Å². The molecule has 88 valence electrons. The second kappa shape index (κ2) is 6.16. The van der Waals surface area contributed by atoms with Crippen LogP contribution in [0.4, 0.5) is 0 Å². The highest BCUT2D eigenvalue weighted by Crippen LogP contribution is 2.24. The van der Waals surface area contributed by atoms with Crippen LogP contribution in [-0.4, -0.2) is 23.9 Å². The Balaban J connectivity index is 2.81. The fourth-order valence-electron chi connectivity index (χ4n) is 1.17. The lowest BCUT2D eigenvalue weighted by atomic mass is 10.1. The third-order valence-corrected chi connectivity index (χ3v) is 3.45. The molecule has 1 aromatic rings. The fraction of sp³-hybridized carbons (Fsp3) is 0.417. The SMILES string of the molecule is COc1ccc(Cl)c(C(=O)CSC(C)C)c1. The smallest absolute Gasteiger partial charge is 0.174 e. The zero-order valence-electron chi connectivity index (χ0n) is 9.62. The standard InChI is InChI=1S/C12H15ClO2S/c1-8(2)16-7-12(14)10-6-9(15-3)4-5-11(10)13/h4-6,8H,7H2,1-3H3. The lowest BCUT2D eigenvalue weighted by Gasteiger charge is -2.07. The molecule has 0 saturated heterocycles. The molecule has 0 aromatic heterocycles. The highest BCUT2D eigenvalue weighted by Gasteiger charge is 2.12. The van der Waals surface area contributed by atoms with Gasteiger partial charge in [-0.3, -0.25) is 4.79 Å². The summed E-state index contributed by atoms with van der Waals surface area (Å²) in [6.45, 7) is 4.12. The van der Waals surface area contributed by atoms with Gasteiger partial charge in [0.1, 0.15) is 5.75 Å². The zero-order chi connectivity index (χ0) is 12.1. The van der Waals surface area contributed by atoms with Gasteiger partial charge in [0, 0.05) is 5.56 Å². The van der Waals surface area contributed by atoms with Crippen LogP contribution >= 0.6 is 23.4 Å². The van der Waals surface area contributed by atoms with Crippen molar-refractivity contribution in [3.8, 4) is 5.75 Å². The summed E-state index contributed by atoms with van der Waals surface area (Å²) in [6, 6.07) is 5.12. The van der Waals surface area contributed by atoms with Crippen LogP contribution < -0.4 is 4.74 Å². The van der Waals surface area contributed by atoms with Gasteiger partial charge in [0.25, 0.3) is 0 Å². The monoisotopic (exact) mass is 258 g/mol. The average Bonchev–Trinajstić information content (AvgIpc) is 2.26. The van der Waals surface area contributed by atoms with Gasteiger partial charge in [0.15, 0.2) is 5.78 Å². The Morgan fingerprint density at radius 3 is 2.75 bits per heavy atom. The maximum absolute atomic E-state index is 11.9. The van der Waals surface area contributed by atoms with Gasteiger partial charge in [-0.1, -0.05) is 25.4 Å². The number of carbonyl (C=O) groups is 1. The van der Waals surface area contributed by atoms with E-state index in [4.69, 9.17) is 16.3 Å². The molecule has 0 bridgehead atoms. The number of Topliss-reactive ketones (excluding diaryl/α,β-unsaturated/α-hetero) is 1. The molecule has 0 aliphatic rings. The number of rotatable bonds is 5. The van der Waals surface area contributed by atoms with E-state index in [1.807, 2.05) is 0 Å². The molecule has 0 fully saturated rings. The second-order valence-corrected chi connectivity index (χ2v) is 5.60. The van der Waals surface area contributed by atoms with E-state index in [9.17, 15) is 4.79 Å². The normalized spacial score (nSPS) is 10.6. The molecule has 1 aromatic carbocycles. The zero-order valence-corrected chi connectivity index (χ0v) is 11.2. The molecule has 0 N–H and O–H groups in total. The van der Waals surface area contributed by atoms with E-state index in [0.717, 1.165) is 0 Å². The topological polar surface area (TPSA) is 26.3 Å². The van der Waals surface area contributed by atoms with E-state index >= 15 is 0 Å². The summed E-state index contributed by atoms with van der Waals surface area (Å²) in [5.74, 6) is 1.15. The summed E-state index contributed by atoms with van der Waals surface area (Å²) < 4.78 is 5.07. The first-order valence-corrected chi connectivity index (χ1v) is 6.45. The van der Waals surface area contributed by atoms with Crippen LogP contribution in [0, 0.1) is 0 Å². The fourth-order valence-corrected chi connectivity index (χ4v) is 2.03. The Bertz CT molecular complexity index is 377. The quantitative estimate of drug-likeness (QED) is 0.754. The third kappa shape index (κ3) is 3.72. The van der Waals surface area contributed by atoms with Crippen molar-refractivity contribution in [2.24, 2.45) is 0 Å². The van der Waals surface area contributed by atoms with Crippen molar-refractivity contribution in [1.29, 1.82) is 0 Å². The highest BCUT2D eigenvalue weighted by atomic mass is 35.5.